The highest BCUT2D eigenvalue weighted by Crippen LogP contribution is 2.48. The van der Waals surface area contributed by atoms with Gasteiger partial charge in [-0.2, -0.15) is 8.78 Å². The standard InChI is InChI=1S/C28H45F2N4O2P/c29-28(30,37)17-36-26-12-9-20(15-31-26)25(16-35)33-14-13-24-27-22(3-1-2-4-23(27)33)32-34(24)21-10-7-19(8-11-21)18-5-6-18/h18-24,26-27,31-32H,1-15,17,37H2/t19?,20?,21?,22?,23-,24?,26?,27?/m0/s1. The van der Waals surface area contributed by atoms with Crippen molar-refractivity contribution in [3.63, 3.8) is 0 Å². The first-order chi connectivity index (χ1) is 17.9. The Morgan fingerprint density at radius 3 is 2.32 bits per heavy atom. The molecule has 0 aromatic rings. The number of ether oxygens (including phenoxy) is 1. The van der Waals surface area contributed by atoms with Crippen LogP contribution in [0.25, 0.3) is 0 Å². The lowest BCUT2D eigenvalue weighted by Gasteiger charge is -2.48. The molecule has 0 spiro atoms. The molecule has 7 atom stereocenters. The number of hydrogen-bond donors (Lipinski definition) is 2. The van der Waals surface area contributed by atoms with E-state index in [2.05, 4.69) is 26.6 Å². The molecule has 6 aliphatic rings. The van der Waals surface area contributed by atoms with Crippen LogP contribution in [-0.2, 0) is 9.53 Å². The molecule has 6 nitrogen and oxygen atoms in total. The number of halogens is 2. The van der Waals surface area contributed by atoms with Gasteiger partial charge in [0.2, 0.25) is 0 Å². The third-order valence-corrected chi connectivity index (χ3v) is 10.6. The van der Waals surface area contributed by atoms with Gasteiger partial charge in [0.15, 0.2) is 0 Å². The summed E-state index contributed by atoms with van der Waals surface area (Å²) < 4.78 is 31.7. The van der Waals surface area contributed by atoms with Crippen molar-refractivity contribution >= 4 is 15.2 Å². The molecule has 3 aliphatic carbocycles. The van der Waals surface area contributed by atoms with E-state index < -0.39 is 12.3 Å². The van der Waals surface area contributed by atoms with Gasteiger partial charge in [0.05, 0.1) is 0 Å². The molecule has 0 aromatic heterocycles. The van der Waals surface area contributed by atoms with Crippen molar-refractivity contribution < 1.29 is 18.3 Å². The van der Waals surface area contributed by atoms with E-state index in [-0.39, 0.29) is 12.1 Å². The predicted octanol–water partition coefficient (Wildman–Crippen LogP) is 4.30. The summed E-state index contributed by atoms with van der Waals surface area (Å²) in [6.07, 6.45) is 15.3. The Hall–Kier alpha value is -0.620. The van der Waals surface area contributed by atoms with Crippen LogP contribution < -0.4 is 10.7 Å². The highest BCUT2D eigenvalue weighted by Gasteiger charge is 2.53. The average Bonchev–Trinajstić information content (AvgIpc) is 3.71. The first-order valence-corrected chi connectivity index (χ1v) is 15.6. The summed E-state index contributed by atoms with van der Waals surface area (Å²) in [7, 11) is 1.53. The first kappa shape index (κ1) is 26.6. The molecule has 6 fully saturated rings. The van der Waals surface area contributed by atoms with E-state index in [1.54, 1.807) is 0 Å². The van der Waals surface area contributed by atoms with Crippen molar-refractivity contribution in [3.8, 4) is 0 Å². The second-order valence-electron chi connectivity index (χ2n) is 12.8. The van der Waals surface area contributed by atoms with Crippen LogP contribution in [0.4, 0.5) is 8.78 Å². The average molecular weight is 539 g/mol. The summed E-state index contributed by atoms with van der Waals surface area (Å²) in [6, 6.07) is 2.11. The molecule has 0 bridgehead atoms. The van der Waals surface area contributed by atoms with Crippen LogP contribution in [0.2, 0.25) is 0 Å². The zero-order valence-corrected chi connectivity index (χ0v) is 23.2. The minimum Gasteiger partial charge on any atom is -0.362 e. The molecule has 6 rings (SSSR count). The van der Waals surface area contributed by atoms with Crippen LogP contribution in [0.5, 0.6) is 0 Å². The SMILES string of the molecule is O=C=C(C1CCC(OCC(F)(F)P)NC1)N1CCC2C3C(CCCC[C@@H]31)NN2C1CCC(C2CC2)CC1. The van der Waals surface area contributed by atoms with E-state index in [1.807, 2.05) is 0 Å². The second kappa shape index (κ2) is 11.1. The van der Waals surface area contributed by atoms with Gasteiger partial charge in [0.1, 0.15) is 24.5 Å². The van der Waals surface area contributed by atoms with E-state index in [0.29, 0.717) is 43.1 Å². The van der Waals surface area contributed by atoms with Crippen LogP contribution >= 0.6 is 9.24 Å². The van der Waals surface area contributed by atoms with Crippen LogP contribution in [0, 0.1) is 23.7 Å². The van der Waals surface area contributed by atoms with Gasteiger partial charge in [-0.1, -0.05) is 22.1 Å². The lowest BCUT2D eigenvalue weighted by molar-refractivity contribution is -0.0673. The van der Waals surface area contributed by atoms with E-state index in [4.69, 9.17) is 4.74 Å². The molecule has 0 amide bonds. The number of nitrogens with one attached hydrogen (secondary N) is 2. The topological polar surface area (TPSA) is 56.8 Å². The van der Waals surface area contributed by atoms with E-state index in [9.17, 15) is 13.6 Å². The summed E-state index contributed by atoms with van der Waals surface area (Å²) >= 11 is 0. The van der Waals surface area contributed by atoms with Gasteiger partial charge in [0, 0.05) is 49.1 Å². The highest BCUT2D eigenvalue weighted by atomic mass is 31.0. The number of hydrazine groups is 1. The van der Waals surface area contributed by atoms with Crippen LogP contribution in [0.1, 0.15) is 83.5 Å². The Bertz CT molecular complexity index is 848. The maximum atomic E-state index is 13.2. The van der Waals surface area contributed by atoms with Crippen LogP contribution in [0.3, 0.4) is 0 Å². The summed E-state index contributed by atoms with van der Waals surface area (Å²) in [5, 5.41) is 5.96. The molecule has 3 heterocycles. The maximum Gasteiger partial charge on any atom is 0.281 e. The number of carbonyl (C=O) groups excluding carboxylic acids is 1. The predicted molar refractivity (Wildman–Crippen MR) is 142 cm³/mol. The molecule has 9 heteroatoms. The molecule has 0 aromatic carbocycles. The third kappa shape index (κ3) is 5.81. The molecule has 0 radical (unpaired) electrons. The zero-order valence-electron chi connectivity index (χ0n) is 22.1. The van der Waals surface area contributed by atoms with Crippen molar-refractivity contribution in [1.29, 1.82) is 0 Å². The van der Waals surface area contributed by atoms with Crippen molar-refractivity contribution in [2.75, 3.05) is 19.7 Å². The van der Waals surface area contributed by atoms with Gasteiger partial charge in [-0.3, -0.25) is 10.7 Å². The Labute approximate surface area is 222 Å². The van der Waals surface area contributed by atoms with Gasteiger partial charge in [0.25, 0.3) is 5.66 Å². The molecule has 3 aliphatic heterocycles. The number of piperidine rings is 2. The number of rotatable bonds is 7. The monoisotopic (exact) mass is 538 g/mol. The number of likely N-dealkylation sites (tertiary alicyclic amines) is 1. The molecule has 6 unspecified atom stereocenters. The number of nitrogens with zero attached hydrogens (tertiary/aromatic N) is 2. The summed E-state index contributed by atoms with van der Waals surface area (Å²) in [5.74, 6) is 4.99. The molecule has 2 N–H and O–H groups in total. The normalized spacial score (nSPS) is 41.1. The van der Waals surface area contributed by atoms with E-state index >= 15 is 0 Å². The van der Waals surface area contributed by atoms with Crippen molar-refractivity contribution in [3.05, 3.63) is 5.70 Å². The summed E-state index contributed by atoms with van der Waals surface area (Å²) in [4.78, 5) is 14.8. The molecule has 3 saturated carbocycles. The fourth-order valence-electron chi connectivity index (χ4n) is 8.54. The molecule has 208 valence electrons. The van der Waals surface area contributed by atoms with Gasteiger partial charge in [-0.05, 0) is 82.5 Å². The van der Waals surface area contributed by atoms with Gasteiger partial charge < -0.3 is 9.64 Å². The molecule has 37 heavy (non-hydrogen) atoms. The van der Waals surface area contributed by atoms with Gasteiger partial charge in [-0.25, -0.2) is 9.80 Å². The van der Waals surface area contributed by atoms with Crippen LogP contribution in [-0.4, -0.2) is 71.6 Å². The van der Waals surface area contributed by atoms with Crippen molar-refractivity contribution in [2.24, 2.45) is 23.7 Å². The Kier molecular flexibility index (Phi) is 7.98. The van der Waals surface area contributed by atoms with E-state index in [0.717, 1.165) is 43.3 Å². The van der Waals surface area contributed by atoms with Crippen molar-refractivity contribution in [1.82, 2.24) is 20.7 Å². The largest absolute Gasteiger partial charge is 0.362 e. The van der Waals surface area contributed by atoms with Crippen LogP contribution in [0.15, 0.2) is 5.70 Å². The third-order valence-electron chi connectivity index (χ3n) is 10.4. The number of hydrogen-bond acceptors (Lipinski definition) is 6. The molecular weight excluding hydrogens is 493 g/mol. The van der Waals surface area contributed by atoms with E-state index in [1.165, 1.54) is 67.0 Å². The highest BCUT2D eigenvalue weighted by molar-refractivity contribution is 7.18. The first-order valence-electron chi connectivity index (χ1n) is 15.0. The lowest BCUT2D eigenvalue weighted by atomic mass is 9.77. The van der Waals surface area contributed by atoms with Gasteiger partial charge in [-0.15, -0.1) is 0 Å². The summed E-state index contributed by atoms with van der Waals surface area (Å²) in [5.41, 5.74) is 1.92. The Morgan fingerprint density at radius 1 is 0.946 bits per heavy atom. The summed E-state index contributed by atoms with van der Waals surface area (Å²) in [6.45, 7) is 0.877. The lowest BCUT2D eigenvalue weighted by Crippen LogP contribution is -2.56. The fourth-order valence-corrected chi connectivity index (χ4v) is 8.64. The fraction of sp³-hybridized carbons (Fsp3) is 0.929. The Morgan fingerprint density at radius 2 is 1.68 bits per heavy atom. The quantitative estimate of drug-likeness (QED) is 0.373. The Balaban J connectivity index is 1.11. The smallest absolute Gasteiger partial charge is 0.281 e. The second-order valence-corrected chi connectivity index (χ2v) is 13.6. The molecule has 3 saturated heterocycles. The zero-order chi connectivity index (χ0) is 25.6. The minimum absolute atomic E-state index is 0.0651. The van der Waals surface area contributed by atoms with Crippen molar-refractivity contribution in [2.45, 2.75) is 120 Å². The number of alkyl halides is 2. The molecular formula is C28H45F2N4O2P. The minimum atomic E-state index is -2.91. The maximum absolute atomic E-state index is 13.2. The van der Waals surface area contributed by atoms with Gasteiger partial charge >= 0.3 is 0 Å².